The summed E-state index contributed by atoms with van der Waals surface area (Å²) in [5, 5.41) is 4.83. The first-order valence-corrected chi connectivity index (χ1v) is 6.71. The minimum absolute atomic E-state index is 0.0295. The van der Waals surface area contributed by atoms with Crippen molar-refractivity contribution in [3.05, 3.63) is 16.4 Å². The number of aromatic nitrogens is 2. The number of carbonyl (C=O) groups excluding carboxylic acids is 1. The summed E-state index contributed by atoms with van der Waals surface area (Å²) in [5.74, 6) is 0.178. The van der Waals surface area contributed by atoms with Crippen LogP contribution in [0.15, 0.2) is 0 Å². The third kappa shape index (κ3) is 2.08. The number of hydrogen-bond acceptors (Lipinski definition) is 3. The van der Waals surface area contributed by atoms with E-state index >= 15 is 0 Å². The molecule has 1 aromatic heterocycles. The Morgan fingerprint density at radius 2 is 2.33 bits per heavy atom. The highest BCUT2D eigenvalue weighted by Gasteiger charge is 2.42. The van der Waals surface area contributed by atoms with E-state index in [1.54, 1.807) is 4.68 Å². The summed E-state index contributed by atoms with van der Waals surface area (Å²) in [6, 6.07) is -0.0295. The fraction of sp³-hybridized carbons (Fsp3) is 0.692. The van der Waals surface area contributed by atoms with Gasteiger partial charge in [0.1, 0.15) is 5.78 Å². The lowest BCUT2D eigenvalue weighted by Crippen LogP contribution is -2.42. The minimum Gasteiger partial charge on any atom is -0.327 e. The van der Waals surface area contributed by atoms with Crippen molar-refractivity contribution in [3.63, 3.8) is 0 Å². The first-order valence-electron chi connectivity index (χ1n) is 6.33. The van der Waals surface area contributed by atoms with Gasteiger partial charge in [-0.15, -0.1) is 0 Å². The number of ketones is 1. The molecule has 1 saturated carbocycles. The first-order chi connectivity index (χ1) is 8.36. The molecule has 0 amide bonds. The second kappa shape index (κ2) is 4.67. The number of halogens is 1. The van der Waals surface area contributed by atoms with Crippen LogP contribution in [0.25, 0.3) is 0 Å². The number of aryl methyl sites for hydroxylation is 2. The minimum atomic E-state index is -0.401. The van der Waals surface area contributed by atoms with Crippen molar-refractivity contribution < 1.29 is 4.79 Å². The first kappa shape index (κ1) is 13.6. The molecule has 0 spiro atoms. The molecule has 2 atom stereocenters. The predicted octanol–water partition coefficient (Wildman–Crippen LogP) is 2.01. The summed E-state index contributed by atoms with van der Waals surface area (Å²) in [6.07, 6.45) is 3.16. The zero-order chi connectivity index (χ0) is 13.5. The van der Waals surface area contributed by atoms with Crippen LogP contribution in [0.4, 0.5) is 0 Å². The number of carbonyl (C=O) groups is 1. The van der Waals surface area contributed by atoms with Crippen molar-refractivity contribution in [2.75, 3.05) is 0 Å². The van der Waals surface area contributed by atoms with Crippen LogP contribution in [-0.4, -0.2) is 21.6 Å². The number of hydrogen-bond donors (Lipinski definition) is 1. The Hall–Kier alpha value is -0.870. The summed E-state index contributed by atoms with van der Waals surface area (Å²) in [6.45, 7) is 3.82. The highest BCUT2D eigenvalue weighted by Crippen LogP contribution is 2.38. The van der Waals surface area contributed by atoms with E-state index in [1.807, 2.05) is 20.9 Å². The van der Waals surface area contributed by atoms with Gasteiger partial charge < -0.3 is 5.73 Å². The highest BCUT2D eigenvalue weighted by molar-refractivity contribution is 6.32. The van der Waals surface area contributed by atoms with Crippen molar-refractivity contribution >= 4 is 17.4 Å². The number of nitrogens with two attached hydrogens (primary N) is 1. The summed E-state index contributed by atoms with van der Waals surface area (Å²) in [7, 11) is 1.82. The Morgan fingerprint density at radius 1 is 1.67 bits per heavy atom. The van der Waals surface area contributed by atoms with E-state index in [1.165, 1.54) is 0 Å². The molecule has 0 bridgehead atoms. The molecular weight excluding hydrogens is 250 g/mol. The lowest BCUT2D eigenvalue weighted by Gasteiger charge is -2.27. The summed E-state index contributed by atoms with van der Waals surface area (Å²) < 4.78 is 1.69. The van der Waals surface area contributed by atoms with Crippen LogP contribution in [-0.2, 0) is 18.3 Å². The average Bonchev–Trinajstić information content (AvgIpc) is 2.76. The van der Waals surface area contributed by atoms with Gasteiger partial charge in [-0.2, -0.15) is 5.10 Å². The van der Waals surface area contributed by atoms with Crippen LogP contribution < -0.4 is 5.73 Å². The molecule has 0 aliphatic heterocycles. The van der Waals surface area contributed by atoms with Gasteiger partial charge in [-0.3, -0.25) is 9.48 Å². The fourth-order valence-corrected chi connectivity index (χ4v) is 2.99. The third-order valence-electron chi connectivity index (χ3n) is 4.26. The summed E-state index contributed by atoms with van der Waals surface area (Å²) >= 11 is 6.18. The second-order valence-corrected chi connectivity index (χ2v) is 5.86. The molecule has 2 unspecified atom stereocenters. The monoisotopic (exact) mass is 269 g/mol. The topological polar surface area (TPSA) is 60.9 Å². The highest BCUT2D eigenvalue weighted by atomic mass is 35.5. The lowest BCUT2D eigenvalue weighted by molar-refractivity contribution is -0.127. The quantitative estimate of drug-likeness (QED) is 0.913. The van der Waals surface area contributed by atoms with Crippen LogP contribution in [0.3, 0.4) is 0 Å². The second-order valence-electron chi connectivity index (χ2n) is 5.49. The lowest BCUT2D eigenvalue weighted by atomic mass is 9.79. The fourth-order valence-electron chi connectivity index (χ4n) is 2.77. The standard InChI is InChI=1S/C13H20ClN3O/c1-8-12(14)9(17(3)16-8)7-11(18)13(2)6-4-5-10(13)15/h10H,4-7,15H2,1-3H3. The molecule has 2 N–H and O–H groups in total. The summed E-state index contributed by atoms with van der Waals surface area (Å²) in [4.78, 5) is 12.5. The van der Waals surface area contributed by atoms with Gasteiger partial charge in [-0.1, -0.05) is 24.9 Å². The van der Waals surface area contributed by atoms with Crippen molar-refractivity contribution in [3.8, 4) is 0 Å². The van der Waals surface area contributed by atoms with Gasteiger partial charge in [0.05, 0.1) is 22.8 Å². The third-order valence-corrected chi connectivity index (χ3v) is 4.75. The molecular formula is C13H20ClN3O. The number of nitrogens with zero attached hydrogens (tertiary/aromatic N) is 2. The van der Waals surface area contributed by atoms with E-state index in [0.29, 0.717) is 11.4 Å². The molecule has 18 heavy (non-hydrogen) atoms. The molecule has 0 radical (unpaired) electrons. The molecule has 5 heteroatoms. The molecule has 1 fully saturated rings. The molecule has 1 aliphatic rings. The zero-order valence-corrected chi connectivity index (χ0v) is 11.9. The van der Waals surface area contributed by atoms with Crippen molar-refractivity contribution in [2.24, 2.45) is 18.2 Å². The van der Waals surface area contributed by atoms with Gasteiger partial charge in [0, 0.05) is 18.5 Å². The van der Waals surface area contributed by atoms with Gasteiger partial charge in [0.2, 0.25) is 0 Å². The Morgan fingerprint density at radius 3 is 2.78 bits per heavy atom. The average molecular weight is 270 g/mol. The SMILES string of the molecule is Cc1nn(C)c(CC(=O)C2(C)CCCC2N)c1Cl. The maximum absolute atomic E-state index is 12.5. The molecule has 1 aliphatic carbocycles. The number of Topliss-reactive ketones (excluding diaryl/α,β-unsaturated/α-hetero) is 1. The van der Waals surface area contributed by atoms with E-state index < -0.39 is 5.41 Å². The molecule has 2 rings (SSSR count). The molecule has 4 nitrogen and oxygen atoms in total. The van der Waals surface area contributed by atoms with Gasteiger partial charge in [0.15, 0.2) is 0 Å². The van der Waals surface area contributed by atoms with Crippen molar-refractivity contribution in [1.82, 2.24) is 9.78 Å². The molecule has 100 valence electrons. The van der Waals surface area contributed by atoms with Crippen molar-refractivity contribution in [2.45, 2.75) is 45.6 Å². The largest absolute Gasteiger partial charge is 0.327 e. The van der Waals surface area contributed by atoms with Gasteiger partial charge >= 0.3 is 0 Å². The molecule has 0 aromatic carbocycles. The maximum atomic E-state index is 12.5. The smallest absolute Gasteiger partial charge is 0.146 e. The van der Waals surface area contributed by atoms with E-state index in [9.17, 15) is 4.79 Å². The maximum Gasteiger partial charge on any atom is 0.146 e. The molecule has 0 saturated heterocycles. The van der Waals surface area contributed by atoms with E-state index in [2.05, 4.69) is 5.10 Å². The normalized spacial score (nSPS) is 27.7. The van der Waals surface area contributed by atoms with Gasteiger partial charge in [0.25, 0.3) is 0 Å². The van der Waals surface area contributed by atoms with Crippen LogP contribution in [0.2, 0.25) is 5.02 Å². The van der Waals surface area contributed by atoms with Crippen LogP contribution in [0.5, 0.6) is 0 Å². The Bertz CT molecular complexity index is 483. The van der Waals surface area contributed by atoms with E-state index in [4.69, 9.17) is 17.3 Å². The predicted molar refractivity (Wildman–Crippen MR) is 71.6 cm³/mol. The van der Waals surface area contributed by atoms with Gasteiger partial charge in [-0.05, 0) is 19.8 Å². The Kier molecular flexibility index (Phi) is 3.52. The zero-order valence-electron chi connectivity index (χ0n) is 11.2. The van der Waals surface area contributed by atoms with Crippen LogP contribution in [0, 0.1) is 12.3 Å². The van der Waals surface area contributed by atoms with Crippen molar-refractivity contribution in [1.29, 1.82) is 0 Å². The number of rotatable bonds is 3. The Balaban J connectivity index is 2.22. The summed E-state index contributed by atoms with van der Waals surface area (Å²) in [5.41, 5.74) is 7.23. The van der Waals surface area contributed by atoms with Crippen LogP contribution >= 0.6 is 11.6 Å². The van der Waals surface area contributed by atoms with Gasteiger partial charge in [-0.25, -0.2) is 0 Å². The molecule has 1 aromatic rings. The van der Waals surface area contributed by atoms with Crippen LogP contribution in [0.1, 0.15) is 37.6 Å². The van der Waals surface area contributed by atoms with E-state index in [-0.39, 0.29) is 11.8 Å². The Labute approximate surface area is 112 Å². The molecule has 1 heterocycles. The van der Waals surface area contributed by atoms with E-state index in [0.717, 1.165) is 30.7 Å².